The summed E-state index contributed by atoms with van der Waals surface area (Å²) in [5, 5.41) is 12.6. The molecule has 1 nitrogen and oxygen atoms in total. The van der Waals surface area contributed by atoms with Gasteiger partial charge in [-0.2, -0.15) is 0 Å². The second kappa shape index (κ2) is 2.91. The summed E-state index contributed by atoms with van der Waals surface area (Å²) < 4.78 is 1.84. The molecule has 0 aliphatic carbocycles. The number of hydrogen-bond donors (Lipinski definition) is 1. The second-order valence-electron chi connectivity index (χ2n) is 2.36. The molecular formula is C8H4BrClOS. The van der Waals surface area contributed by atoms with E-state index in [0.717, 1.165) is 14.6 Å². The van der Waals surface area contributed by atoms with Gasteiger partial charge in [0.2, 0.25) is 0 Å². The van der Waals surface area contributed by atoms with Crippen LogP contribution in [0, 0.1) is 0 Å². The van der Waals surface area contributed by atoms with Crippen LogP contribution < -0.4 is 0 Å². The first-order valence-corrected chi connectivity index (χ1v) is 5.29. The Balaban J connectivity index is 2.93. The zero-order valence-corrected chi connectivity index (χ0v) is 9.00. The van der Waals surface area contributed by atoms with Gasteiger partial charge >= 0.3 is 0 Å². The number of benzene rings is 1. The van der Waals surface area contributed by atoms with E-state index in [1.165, 1.54) is 11.3 Å². The molecule has 0 atom stereocenters. The molecule has 0 radical (unpaired) electrons. The fraction of sp³-hybridized carbons (Fsp3) is 0. The van der Waals surface area contributed by atoms with E-state index in [1.54, 1.807) is 11.4 Å². The van der Waals surface area contributed by atoms with E-state index >= 15 is 0 Å². The SMILES string of the molecule is Oc1csc2c(Br)c(Cl)ccc12. The molecule has 0 saturated carbocycles. The monoisotopic (exact) mass is 262 g/mol. The van der Waals surface area contributed by atoms with E-state index in [2.05, 4.69) is 15.9 Å². The summed E-state index contributed by atoms with van der Waals surface area (Å²) in [5.41, 5.74) is 0. The molecule has 62 valence electrons. The highest BCUT2D eigenvalue weighted by Gasteiger charge is 2.07. The van der Waals surface area contributed by atoms with E-state index in [-0.39, 0.29) is 0 Å². The van der Waals surface area contributed by atoms with Crippen molar-refractivity contribution in [3.8, 4) is 5.75 Å². The summed E-state index contributed by atoms with van der Waals surface area (Å²) in [5.74, 6) is 0.312. The van der Waals surface area contributed by atoms with Crippen LogP contribution in [0.4, 0.5) is 0 Å². The molecule has 2 rings (SSSR count). The van der Waals surface area contributed by atoms with E-state index in [1.807, 2.05) is 6.07 Å². The van der Waals surface area contributed by atoms with Gasteiger partial charge in [0.15, 0.2) is 0 Å². The van der Waals surface area contributed by atoms with E-state index in [4.69, 9.17) is 11.6 Å². The van der Waals surface area contributed by atoms with Gasteiger partial charge in [-0.3, -0.25) is 0 Å². The first-order valence-electron chi connectivity index (χ1n) is 3.24. The normalized spacial score (nSPS) is 10.8. The van der Waals surface area contributed by atoms with E-state index in [9.17, 15) is 5.11 Å². The molecule has 1 aromatic heterocycles. The molecule has 0 aliphatic rings. The van der Waals surface area contributed by atoms with Crippen LogP contribution in [0.1, 0.15) is 0 Å². The zero-order chi connectivity index (χ0) is 8.72. The summed E-state index contributed by atoms with van der Waals surface area (Å²) in [6, 6.07) is 3.58. The lowest BCUT2D eigenvalue weighted by Gasteiger charge is -1.96. The predicted octanol–water partition coefficient (Wildman–Crippen LogP) is 4.02. The highest BCUT2D eigenvalue weighted by molar-refractivity contribution is 9.10. The Hall–Kier alpha value is -0.250. The lowest BCUT2D eigenvalue weighted by Crippen LogP contribution is -1.68. The Morgan fingerprint density at radius 3 is 2.92 bits per heavy atom. The largest absolute Gasteiger partial charge is 0.506 e. The third kappa shape index (κ3) is 1.13. The minimum absolute atomic E-state index is 0.312. The molecule has 0 spiro atoms. The Labute approximate surface area is 86.7 Å². The van der Waals surface area contributed by atoms with Crippen molar-refractivity contribution >= 4 is 49.0 Å². The van der Waals surface area contributed by atoms with Crippen LogP contribution in [0.25, 0.3) is 10.1 Å². The highest BCUT2D eigenvalue weighted by Crippen LogP contribution is 2.39. The quantitative estimate of drug-likeness (QED) is 0.761. The van der Waals surface area contributed by atoms with Gasteiger partial charge in [0.05, 0.1) is 14.2 Å². The van der Waals surface area contributed by atoms with Crippen molar-refractivity contribution in [1.29, 1.82) is 0 Å². The lowest BCUT2D eigenvalue weighted by molar-refractivity contribution is 0.483. The van der Waals surface area contributed by atoms with Gasteiger partial charge in [-0.05, 0) is 28.1 Å². The van der Waals surface area contributed by atoms with Gasteiger partial charge in [0.1, 0.15) is 5.75 Å². The number of hydrogen-bond acceptors (Lipinski definition) is 2. The average Bonchev–Trinajstić information content (AvgIpc) is 2.41. The molecule has 0 amide bonds. The maximum Gasteiger partial charge on any atom is 0.134 e. The predicted molar refractivity (Wildman–Crippen MR) is 56.2 cm³/mol. The van der Waals surface area contributed by atoms with Crippen molar-refractivity contribution < 1.29 is 5.11 Å². The highest BCUT2D eigenvalue weighted by atomic mass is 79.9. The van der Waals surface area contributed by atoms with Gasteiger partial charge in [0, 0.05) is 10.8 Å². The summed E-state index contributed by atoms with van der Waals surface area (Å²) in [7, 11) is 0. The molecular weight excluding hydrogens is 260 g/mol. The third-order valence-corrected chi connectivity index (χ3v) is 4.24. The second-order valence-corrected chi connectivity index (χ2v) is 4.44. The Kier molecular flexibility index (Phi) is 2.02. The number of aromatic hydroxyl groups is 1. The van der Waals surface area contributed by atoms with Crippen LogP contribution in [0.3, 0.4) is 0 Å². The number of fused-ring (bicyclic) bond motifs is 1. The van der Waals surface area contributed by atoms with Crippen LogP contribution in [-0.2, 0) is 0 Å². The molecule has 0 unspecified atom stereocenters. The Morgan fingerprint density at radius 2 is 2.17 bits per heavy atom. The standard InChI is InChI=1S/C8H4BrClOS/c9-7-5(10)2-1-4-6(11)3-12-8(4)7/h1-3,11H. The van der Waals surface area contributed by atoms with Crippen LogP contribution in [0.15, 0.2) is 22.0 Å². The van der Waals surface area contributed by atoms with Gasteiger partial charge < -0.3 is 5.11 Å². The molecule has 1 N–H and O–H groups in total. The summed E-state index contributed by atoms with van der Waals surface area (Å²) >= 11 is 10.7. The van der Waals surface area contributed by atoms with Crippen molar-refractivity contribution in [3.05, 3.63) is 27.0 Å². The van der Waals surface area contributed by atoms with Crippen molar-refractivity contribution in [2.75, 3.05) is 0 Å². The minimum Gasteiger partial charge on any atom is -0.506 e. The fourth-order valence-corrected chi connectivity index (χ4v) is 2.74. The fourth-order valence-electron chi connectivity index (χ4n) is 1.03. The molecule has 0 saturated heterocycles. The van der Waals surface area contributed by atoms with Gasteiger partial charge in [0.25, 0.3) is 0 Å². The van der Waals surface area contributed by atoms with E-state index < -0.39 is 0 Å². The van der Waals surface area contributed by atoms with Crippen molar-refractivity contribution in [3.63, 3.8) is 0 Å². The van der Waals surface area contributed by atoms with Gasteiger partial charge in [-0.25, -0.2) is 0 Å². The lowest BCUT2D eigenvalue weighted by atomic mass is 10.2. The summed E-state index contributed by atoms with van der Waals surface area (Å²) in [4.78, 5) is 0. The molecule has 1 aromatic carbocycles. The third-order valence-electron chi connectivity index (χ3n) is 1.61. The van der Waals surface area contributed by atoms with Crippen molar-refractivity contribution in [2.24, 2.45) is 0 Å². The van der Waals surface area contributed by atoms with Crippen LogP contribution in [0.5, 0.6) is 5.75 Å². The number of halogens is 2. The number of rotatable bonds is 0. The average molecular weight is 264 g/mol. The first-order chi connectivity index (χ1) is 5.70. The zero-order valence-electron chi connectivity index (χ0n) is 5.84. The van der Waals surface area contributed by atoms with E-state index in [0.29, 0.717) is 10.8 Å². The summed E-state index contributed by atoms with van der Waals surface area (Å²) in [6.07, 6.45) is 0. The van der Waals surface area contributed by atoms with Crippen LogP contribution in [-0.4, -0.2) is 5.11 Å². The van der Waals surface area contributed by atoms with Crippen molar-refractivity contribution in [2.45, 2.75) is 0 Å². The molecule has 1 heterocycles. The maximum absolute atomic E-state index is 9.37. The van der Waals surface area contributed by atoms with Crippen molar-refractivity contribution in [1.82, 2.24) is 0 Å². The topological polar surface area (TPSA) is 20.2 Å². The molecule has 12 heavy (non-hydrogen) atoms. The first kappa shape index (κ1) is 8.35. The summed E-state index contributed by atoms with van der Waals surface area (Å²) in [6.45, 7) is 0. The minimum atomic E-state index is 0.312. The Bertz CT molecular complexity index is 438. The smallest absolute Gasteiger partial charge is 0.134 e. The maximum atomic E-state index is 9.37. The molecule has 4 heteroatoms. The number of thiophene rings is 1. The van der Waals surface area contributed by atoms with Crippen LogP contribution in [0.2, 0.25) is 5.02 Å². The molecule has 0 fully saturated rings. The van der Waals surface area contributed by atoms with Crippen LogP contribution >= 0.6 is 38.9 Å². The molecule has 0 bridgehead atoms. The van der Waals surface area contributed by atoms with Gasteiger partial charge in [-0.1, -0.05) is 11.6 Å². The van der Waals surface area contributed by atoms with Gasteiger partial charge in [-0.15, -0.1) is 11.3 Å². The Morgan fingerprint density at radius 1 is 1.42 bits per heavy atom. The molecule has 2 aromatic rings. The molecule has 0 aliphatic heterocycles.